The van der Waals surface area contributed by atoms with Crippen molar-refractivity contribution in [2.45, 2.75) is 39.0 Å². The number of aryl methyl sites for hydroxylation is 2. The first-order valence-corrected chi connectivity index (χ1v) is 9.98. The molecule has 0 spiro atoms. The van der Waals surface area contributed by atoms with Gasteiger partial charge in [0.2, 0.25) is 5.91 Å². The second kappa shape index (κ2) is 6.23. The van der Waals surface area contributed by atoms with Gasteiger partial charge < -0.3 is 4.90 Å². The molecule has 0 aromatic heterocycles. The molecule has 2 aliphatic heterocycles. The smallest absolute Gasteiger partial charge is 0.227 e. The molecule has 1 amide bonds. The zero-order valence-corrected chi connectivity index (χ0v) is 14.2. The number of carbonyl (C=O) groups excluding carboxylic acids is 1. The van der Waals surface area contributed by atoms with Gasteiger partial charge in [0.1, 0.15) is 5.82 Å². The van der Waals surface area contributed by atoms with Gasteiger partial charge in [-0.1, -0.05) is 12.1 Å². The van der Waals surface area contributed by atoms with Crippen LogP contribution >= 0.6 is 0 Å². The molecule has 23 heavy (non-hydrogen) atoms. The van der Waals surface area contributed by atoms with Crippen molar-refractivity contribution in [1.29, 1.82) is 0 Å². The molecule has 0 radical (unpaired) electrons. The predicted molar refractivity (Wildman–Crippen MR) is 87.8 cm³/mol. The number of rotatable bonds is 2. The number of carbonyl (C=O) groups is 1. The molecular weight excluding hydrogens is 317 g/mol. The molecular formula is C17H22FNO3S. The van der Waals surface area contributed by atoms with Crippen LogP contribution in [-0.2, 0) is 21.1 Å². The molecule has 4 nitrogen and oxygen atoms in total. The van der Waals surface area contributed by atoms with Crippen LogP contribution in [-0.4, -0.2) is 32.4 Å². The first kappa shape index (κ1) is 16.4. The normalized spacial score (nSPS) is 23.4. The highest BCUT2D eigenvalue weighted by Crippen LogP contribution is 2.33. The van der Waals surface area contributed by atoms with Crippen molar-refractivity contribution >= 4 is 21.4 Å². The number of benzene rings is 1. The average molecular weight is 339 g/mol. The van der Waals surface area contributed by atoms with E-state index in [9.17, 15) is 17.6 Å². The van der Waals surface area contributed by atoms with E-state index in [1.165, 1.54) is 4.90 Å². The van der Waals surface area contributed by atoms with Gasteiger partial charge in [-0.3, -0.25) is 4.79 Å². The molecule has 1 unspecified atom stereocenters. The summed E-state index contributed by atoms with van der Waals surface area (Å²) < 4.78 is 38.0. The van der Waals surface area contributed by atoms with Crippen molar-refractivity contribution in [1.82, 2.24) is 0 Å². The van der Waals surface area contributed by atoms with Crippen molar-refractivity contribution in [3.63, 3.8) is 0 Å². The van der Waals surface area contributed by atoms with Crippen molar-refractivity contribution in [2.75, 3.05) is 23.0 Å². The van der Waals surface area contributed by atoms with E-state index in [0.717, 1.165) is 24.8 Å². The third kappa shape index (κ3) is 3.42. The van der Waals surface area contributed by atoms with Crippen molar-refractivity contribution in [3.8, 4) is 0 Å². The van der Waals surface area contributed by atoms with E-state index in [0.29, 0.717) is 24.2 Å². The Hall–Kier alpha value is -1.43. The number of anilines is 1. The molecule has 2 aliphatic rings. The van der Waals surface area contributed by atoms with Gasteiger partial charge in [0.15, 0.2) is 9.84 Å². The molecule has 1 aromatic rings. The second-order valence-electron chi connectivity index (χ2n) is 6.68. The minimum absolute atomic E-state index is 0.0791. The molecule has 0 N–H and O–H groups in total. The monoisotopic (exact) mass is 339 g/mol. The molecule has 1 atom stereocenters. The van der Waals surface area contributed by atoms with E-state index >= 15 is 0 Å². The average Bonchev–Trinajstić information content (AvgIpc) is 2.49. The van der Waals surface area contributed by atoms with E-state index < -0.39 is 9.84 Å². The quantitative estimate of drug-likeness (QED) is 0.832. The van der Waals surface area contributed by atoms with Crippen LogP contribution in [0, 0.1) is 18.7 Å². The third-order valence-corrected chi connectivity index (χ3v) is 6.70. The fourth-order valence-electron chi connectivity index (χ4n) is 3.62. The zero-order chi connectivity index (χ0) is 16.6. The summed E-state index contributed by atoms with van der Waals surface area (Å²) in [6.07, 6.45) is 3.14. The van der Waals surface area contributed by atoms with E-state index in [4.69, 9.17) is 0 Å². The Morgan fingerprint density at radius 2 is 2.13 bits per heavy atom. The first-order chi connectivity index (χ1) is 10.9. The first-order valence-electron chi connectivity index (χ1n) is 8.16. The molecule has 6 heteroatoms. The van der Waals surface area contributed by atoms with E-state index in [2.05, 4.69) is 0 Å². The highest BCUT2D eigenvalue weighted by molar-refractivity contribution is 7.91. The van der Waals surface area contributed by atoms with Gasteiger partial charge in [-0.15, -0.1) is 0 Å². The third-order valence-electron chi connectivity index (χ3n) is 4.81. The number of amides is 1. The standard InChI is InChI=1S/C17H22FNO3S/c1-12-6-7-14-5-2-8-19(17(14)16(12)18)15(20)10-13-4-3-9-23(21,22)11-13/h6-7,13H,2-5,8-11H2,1H3. The van der Waals surface area contributed by atoms with Crippen LogP contribution in [0.25, 0.3) is 0 Å². The number of hydrogen-bond donors (Lipinski definition) is 0. The summed E-state index contributed by atoms with van der Waals surface area (Å²) in [6.45, 7) is 2.20. The Morgan fingerprint density at radius 1 is 1.35 bits per heavy atom. The second-order valence-corrected chi connectivity index (χ2v) is 8.91. The topological polar surface area (TPSA) is 54.5 Å². The predicted octanol–water partition coefficient (Wildman–Crippen LogP) is 2.63. The number of hydrogen-bond acceptors (Lipinski definition) is 3. The van der Waals surface area contributed by atoms with E-state index in [-0.39, 0.29) is 35.6 Å². The lowest BCUT2D eigenvalue weighted by molar-refractivity contribution is -0.119. The molecule has 1 aromatic carbocycles. The molecule has 2 heterocycles. The Kier molecular flexibility index (Phi) is 4.45. The van der Waals surface area contributed by atoms with E-state index in [1.807, 2.05) is 6.07 Å². The van der Waals surface area contributed by atoms with Crippen LogP contribution in [0.15, 0.2) is 12.1 Å². The maximum absolute atomic E-state index is 14.5. The lowest BCUT2D eigenvalue weighted by Gasteiger charge is -2.32. The van der Waals surface area contributed by atoms with Gasteiger partial charge in [0, 0.05) is 13.0 Å². The lowest BCUT2D eigenvalue weighted by Crippen LogP contribution is -2.39. The van der Waals surface area contributed by atoms with Crippen LogP contribution in [0.2, 0.25) is 0 Å². The zero-order valence-electron chi connectivity index (χ0n) is 13.3. The van der Waals surface area contributed by atoms with Crippen LogP contribution in [0.3, 0.4) is 0 Å². The van der Waals surface area contributed by atoms with E-state index in [1.54, 1.807) is 13.0 Å². The van der Waals surface area contributed by atoms with Gasteiger partial charge in [-0.25, -0.2) is 12.8 Å². The Bertz CT molecular complexity index is 730. The number of nitrogens with zero attached hydrogens (tertiary/aromatic N) is 1. The Labute approximate surface area is 136 Å². The number of fused-ring (bicyclic) bond motifs is 1. The molecule has 0 bridgehead atoms. The van der Waals surface area contributed by atoms with Crippen LogP contribution in [0.5, 0.6) is 0 Å². The van der Waals surface area contributed by atoms with Crippen molar-refractivity contribution in [3.05, 3.63) is 29.1 Å². The molecule has 1 fully saturated rings. The summed E-state index contributed by atoms with van der Waals surface area (Å²) >= 11 is 0. The van der Waals surface area contributed by atoms with Crippen LogP contribution in [0.1, 0.15) is 36.8 Å². The SMILES string of the molecule is Cc1ccc2c(c1F)N(C(=O)CC1CCCS(=O)(=O)C1)CCC2. The Balaban J connectivity index is 1.81. The molecule has 126 valence electrons. The molecule has 3 rings (SSSR count). The maximum atomic E-state index is 14.5. The van der Waals surface area contributed by atoms with Gasteiger partial charge >= 0.3 is 0 Å². The molecule has 0 aliphatic carbocycles. The summed E-state index contributed by atoms with van der Waals surface area (Å²) in [6, 6.07) is 3.63. The number of sulfone groups is 1. The lowest BCUT2D eigenvalue weighted by atomic mass is 9.96. The van der Waals surface area contributed by atoms with Crippen LogP contribution < -0.4 is 4.90 Å². The van der Waals surface area contributed by atoms with Gasteiger partial charge in [-0.2, -0.15) is 0 Å². The largest absolute Gasteiger partial charge is 0.309 e. The highest BCUT2D eigenvalue weighted by Gasteiger charge is 2.31. The Morgan fingerprint density at radius 3 is 2.87 bits per heavy atom. The molecule has 0 saturated carbocycles. The summed E-state index contributed by atoms with van der Waals surface area (Å²) in [4.78, 5) is 14.2. The van der Waals surface area contributed by atoms with Crippen molar-refractivity contribution < 1.29 is 17.6 Å². The summed E-state index contributed by atoms with van der Waals surface area (Å²) in [7, 11) is -3.03. The van der Waals surface area contributed by atoms with Crippen LogP contribution in [0.4, 0.5) is 10.1 Å². The number of halogens is 1. The summed E-state index contributed by atoms with van der Waals surface area (Å²) in [5, 5.41) is 0. The molecule has 1 saturated heterocycles. The fourth-order valence-corrected chi connectivity index (χ4v) is 5.40. The summed E-state index contributed by atoms with van der Waals surface area (Å²) in [5.41, 5.74) is 1.80. The highest BCUT2D eigenvalue weighted by atomic mass is 32.2. The maximum Gasteiger partial charge on any atom is 0.227 e. The van der Waals surface area contributed by atoms with Gasteiger partial charge in [0.05, 0.1) is 17.2 Å². The van der Waals surface area contributed by atoms with Crippen molar-refractivity contribution in [2.24, 2.45) is 5.92 Å². The fraction of sp³-hybridized carbons (Fsp3) is 0.588. The minimum atomic E-state index is -3.03. The van der Waals surface area contributed by atoms with Gasteiger partial charge in [-0.05, 0) is 49.7 Å². The summed E-state index contributed by atoms with van der Waals surface area (Å²) in [5.74, 6) is -0.322. The van der Waals surface area contributed by atoms with Gasteiger partial charge in [0.25, 0.3) is 0 Å². The minimum Gasteiger partial charge on any atom is -0.309 e.